The number of halogens is 2. The lowest BCUT2D eigenvalue weighted by Gasteiger charge is -2.13. The summed E-state index contributed by atoms with van der Waals surface area (Å²) < 4.78 is 28.0. The van der Waals surface area contributed by atoms with Crippen LogP contribution in [0.4, 0.5) is 0 Å². The number of rotatable bonds is 4. The van der Waals surface area contributed by atoms with Crippen LogP contribution in [0.15, 0.2) is 17.0 Å². The van der Waals surface area contributed by atoms with E-state index in [0.717, 1.165) is 0 Å². The van der Waals surface area contributed by atoms with Crippen LogP contribution in [-0.2, 0) is 13.8 Å². The van der Waals surface area contributed by atoms with Gasteiger partial charge in [-0.15, -0.1) is 0 Å². The number of carbonyl (C=O) groups excluding carboxylic acids is 1. The Bertz CT molecular complexity index is 596. The molecule has 1 atom stereocenters. The van der Waals surface area contributed by atoms with Gasteiger partial charge in [0.15, 0.2) is 0 Å². The minimum atomic E-state index is -3.97. The molecule has 0 bridgehead atoms. The first-order chi connectivity index (χ1) is 8.66. The molecule has 0 saturated carbocycles. The molecule has 1 aromatic rings. The molecule has 1 rings (SSSR count). The van der Waals surface area contributed by atoms with Crippen LogP contribution in [0.3, 0.4) is 0 Å². The maximum atomic E-state index is 11.9. The summed E-state index contributed by atoms with van der Waals surface area (Å²) in [6.45, 7) is 5.10. The normalized spacial score (nSPS) is 13.1. The third-order valence-corrected chi connectivity index (χ3v) is 4.36. The van der Waals surface area contributed by atoms with Gasteiger partial charge in [0.2, 0.25) is 0 Å². The second-order valence-electron chi connectivity index (χ2n) is 4.14. The van der Waals surface area contributed by atoms with Crippen LogP contribution in [0.1, 0.15) is 36.2 Å². The highest BCUT2D eigenvalue weighted by Crippen LogP contribution is 2.27. The fourth-order valence-corrected chi connectivity index (χ4v) is 2.96. The predicted octanol–water partition coefficient (Wildman–Crippen LogP) is 3.53. The maximum absolute atomic E-state index is 11.9. The zero-order valence-electron chi connectivity index (χ0n) is 10.7. The lowest BCUT2D eigenvalue weighted by Crippen LogP contribution is -2.16. The van der Waals surface area contributed by atoms with Crippen molar-refractivity contribution in [3.63, 3.8) is 0 Å². The molecular weight excluding hydrogens is 311 g/mol. The molecule has 0 radical (unpaired) electrons. The van der Waals surface area contributed by atoms with Gasteiger partial charge in [-0.2, -0.15) is 0 Å². The number of esters is 1. The number of carbonyl (C=O) groups is 1. The van der Waals surface area contributed by atoms with Gasteiger partial charge in [-0.1, -0.05) is 18.5 Å². The van der Waals surface area contributed by atoms with E-state index in [-0.39, 0.29) is 27.1 Å². The highest BCUT2D eigenvalue weighted by molar-refractivity contribution is 8.13. The van der Waals surface area contributed by atoms with Crippen molar-refractivity contribution in [1.29, 1.82) is 0 Å². The molecule has 0 aromatic heterocycles. The van der Waals surface area contributed by atoms with E-state index in [0.29, 0.717) is 6.42 Å². The average molecular weight is 325 g/mol. The molecule has 0 amide bonds. The highest BCUT2D eigenvalue weighted by atomic mass is 35.7. The van der Waals surface area contributed by atoms with Gasteiger partial charge in [0, 0.05) is 15.7 Å². The first kappa shape index (κ1) is 16.3. The summed E-state index contributed by atoms with van der Waals surface area (Å²) in [6.07, 6.45) is 0.397. The van der Waals surface area contributed by atoms with Gasteiger partial charge in [0.05, 0.1) is 16.6 Å². The van der Waals surface area contributed by atoms with Crippen LogP contribution in [0.2, 0.25) is 5.02 Å². The maximum Gasteiger partial charge on any atom is 0.338 e. The van der Waals surface area contributed by atoms with Gasteiger partial charge in [-0.05, 0) is 38.0 Å². The van der Waals surface area contributed by atoms with Gasteiger partial charge >= 0.3 is 5.97 Å². The van der Waals surface area contributed by atoms with Gasteiger partial charge in [-0.3, -0.25) is 0 Å². The largest absolute Gasteiger partial charge is 0.459 e. The first-order valence-electron chi connectivity index (χ1n) is 5.62. The molecule has 0 aliphatic carbocycles. The first-order valence-corrected chi connectivity index (χ1v) is 8.31. The zero-order valence-corrected chi connectivity index (χ0v) is 13.1. The summed E-state index contributed by atoms with van der Waals surface area (Å²) in [6, 6.07) is 2.58. The summed E-state index contributed by atoms with van der Waals surface area (Å²) in [7, 11) is 1.34. The summed E-state index contributed by atoms with van der Waals surface area (Å²) in [5.41, 5.74) is 0.333. The zero-order chi connectivity index (χ0) is 14.8. The van der Waals surface area contributed by atoms with Gasteiger partial charge in [0.1, 0.15) is 0 Å². The molecule has 0 aliphatic heterocycles. The van der Waals surface area contributed by atoms with Crippen molar-refractivity contribution in [1.82, 2.24) is 0 Å². The number of benzene rings is 1. The van der Waals surface area contributed by atoms with E-state index in [1.165, 1.54) is 19.1 Å². The van der Waals surface area contributed by atoms with Crippen LogP contribution >= 0.6 is 22.3 Å². The molecule has 0 spiro atoms. The fraction of sp³-hybridized carbons (Fsp3) is 0.417. The average Bonchev–Trinajstić information content (AvgIpc) is 2.29. The molecule has 7 heteroatoms. The Labute approximate surface area is 122 Å². The second kappa shape index (κ2) is 6.11. The Hall–Kier alpha value is -0.780. The molecule has 0 heterocycles. The number of hydrogen-bond donors (Lipinski definition) is 0. The van der Waals surface area contributed by atoms with Crippen molar-refractivity contribution in [3.05, 3.63) is 28.3 Å². The second-order valence-corrected chi connectivity index (χ2v) is 7.11. The number of hydrogen-bond acceptors (Lipinski definition) is 4. The van der Waals surface area contributed by atoms with Crippen molar-refractivity contribution >= 4 is 37.3 Å². The Balaban J connectivity index is 3.30. The van der Waals surface area contributed by atoms with Crippen molar-refractivity contribution in [3.8, 4) is 0 Å². The molecular formula is C12H14Cl2O4S. The van der Waals surface area contributed by atoms with E-state index in [4.69, 9.17) is 27.0 Å². The molecule has 0 aliphatic rings. The van der Waals surface area contributed by atoms with Crippen LogP contribution in [0.5, 0.6) is 0 Å². The lowest BCUT2D eigenvalue weighted by atomic mass is 10.1. The minimum Gasteiger partial charge on any atom is -0.459 e. The van der Waals surface area contributed by atoms with Gasteiger partial charge < -0.3 is 4.74 Å². The molecule has 4 nitrogen and oxygen atoms in total. The van der Waals surface area contributed by atoms with E-state index < -0.39 is 15.0 Å². The van der Waals surface area contributed by atoms with E-state index in [1.807, 2.05) is 6.92 Å². The summed E-state index contributed by atoms with van der Waals surface area (Å²) in [5.74, 6) is -0.615. The summed E-state index contributed by atoms with van der Waals surface area (Å²) in [5, 5.41) is 0.112. The molecule has 1 unspecified atom stereocenters. The van der Waals surface area contributed by atoms with Crippen molar-refractivity contribution in [2.75, 3.05) is 0 Å². The molecule has 19 heavy (non-hydrogen) atoms. The van der Waals surface area contributed by atoms with Crippen molar-refractivity contribution in [2.45, 2.75) is 38.2 Å². The van der Waals surface area contributed by atoms with Crippen molar-refractivity contribution < 1.29 is 17.9 Å². The van der Waals surface area contributed by atoms with E-state index in [2.05, 4.69) is 0 Å². The predicted molar refractivity (Wildman–Crippen MR) is 74.4 cm³/mol. The molecule has 0 saturated heterocycles. The SMILES string of the molecule is CCC(C)OC(=O)c1cc(Cl)cc(S(=O)(=O)Cl)c1C. The minimum absolute atomic E-state index is 0.104. The summed E-state index contributed by atoms with van der Waals surface area (Å²) >= 11 is 5.81. The van der Waals surface area contributed by atoms with Crippen LogP contribution in [-0.4, -0.2) is 20.5 Å². The quantitative estimate of drug-likeness (QED) is 0.628. The molecule has 0 fully saturated rings. The summed E-state index contributed by atoms with van der Waals surface area (Å²) in [4.78, 5) is 11.8. The van der Waals surface area contributed by atoms with Crippen molar-refractivity contribution in [2.24, 2.45) is 0 Å². The molecule has 1 aromatic carbocycles. The Morgan fingerprint density at radius 3 is 2.47 bits per heavy atom. The number of ether oxygens (including phenoxy) is 1. The standard InChI is InChI=1S/C12H14Cl2O4S/c1-4-7(2)18-12(15)10-5-9(13)6-11(8(10)3)19(14,16)17/h5-7H,4H2,1-3H3. The third kappa shape index (κ3) is 4.09. The topological polar surface area (TPSA) is 60.4 Å². The smallest absolute Gasteiger partial charge is 0.338 e. The van der Waals surface area contributed by atoms with E-state index in [1.54, 1.807) is 6.92 Å². The van der Waals surface area contributed by atoms with E-state index >= 15 is 0 Å². The lowest BCUT2D eigenvalue weighted by molar-refractivity contribution is 0.0333. The highest BCUT2D eigenvalue weighted by Gasteiger charge is 2.22. The van der Waals surface area contributed by atoms with Crippen LogP contribution in [0, 0.1) is 6.92 Å². The Morgan fingerprint density at radius 1 is 1.42 bits per heavy atom. The third-order valence-electron chi connectivity index (χ3n) is 2.69. The Kier molecular flexibility index (Phi) is 5.24. The van der Waals surface area contributed by atoms with Crippen LogP contribution < -0.4 is 0 Å². The van der Waals surface area contributed by atoms with Gasteiger partial charge in [-0.25, -0.2) is 13.2 Å². The Morgan fingerprint density at radius 2 is 2.00 bits per heavy atom. The molecule has 0 N–H and O–H groups in total. The monoisotopic (exact) mass is 324 g/mol. The molecule has 106 valence electrons. The fourth-order valence-electron chi connectivity index (χ4n) is 1.45. The van der Waals surface area contributed by atoms with E-state index in [9.17, 15) is 13.2 Å². The van der Waals surface area contributed by atoms with Crippen LogP contribution in [0.25, 0.3) is 0 Å². The van der Waals surface area contributed by atoms with Gasteiger partial charge in [0.25, 0.3) is 9.05 Å².